The lowest BCUT2D eigenvalue weighted by Gasteiger charge is -2.51. The first kappa shape index (κ1) is 35.3. The van der Waals surface area contributed by atoms with Gasteiger partial charge in [0.15, 0.2) is 0 Å². The van der Waals surface area contributed by atoms with Gasteiger partial charge in [0, 0.05) is 36.3 Å². The van der Waals surface area contributed by atoms with Crippen molar-refractivity contribution in [2.24, 2.45) is 23.7 Å². The van der Waals surface area contributed by atoms with Crippen LogP contribution in [0.1, 0.15) is 212 Å². The standard InChI is InChI=1S/C44H78N2O/c47-44-32-20-35(21-33-44)17-16-34-18-26-41(27-19-34)46(40-14-8-3-9-15-40)43-30-24-37(25-31-43)36-22-28-42(29-23-36)45(38-10-4-1-5-11-38)39-12-6-2-7-13-39/h34-44,47H,1-33H2. The van der Waals surface area contributed by atoms with E-state index in [0.717, 1.165) is 72.8 Å². The molecule has 3 heteroatoms. The lowest BCUT2D eigenvalue weighted by atomic mass is 9.70. The number of hydrogen-bond donors (Lipinski definition) is 1. The zero-order valence-electron chi connectivity index (χ0n) is 31.0. The fraction of sp³-hybridized carbons (Fsp3) is 1.00. The molecule has 47 heavy (non-hydrogen) atoms. The topological polar surface area (TPSA) is 26.7 Å². The van der Waals surface area contributed by atoms with Gasteiger partial charge in [0.25, 0.3) is 0 Å². The quantitative estimate of drug-likeness (QED) is 0.255. The Bertz CT molecular complexity index is 839. The van der Waals surface area contributed by atoms with Crippen molar-refractivity contribution < 1.29 is 5.11 Å². The van der Waals surface area contributed by atoms with Crippen LogP contribution < -0.4 is 0 Å². The van der Waals surface area contributed by atoms with Crippen LogP contribution in [-0.4, -0.2) is 57.3 Å². The summed E-state index contributed by atoms with van der Waals surface area (Å²) in [5.74, 6) is 3.98. The SMILES string of the molecule is OC1CCC(CCC2CCC(N(C3CCCCC3)C3CCC(C4CCC(N(C5CCCCC5)C5CCCCC5)CC4)CC3)CC2)CC1. The Morgan fingerprint density at radius 1 is 0.298 bits per heavy atom. The molecule has 1 N–H and O–H groups in total. The molecule has 7 aliphatic carbocycles. The Morgan fingerprint density at radius 3 is 0.915 bits per heavy atom. The van der Waals surface area contributed by atoms with Crippen molar-refractivity contribution in [3.05, 3.63) is 0 Å². The van der Waals surface area contributed by atoms with Crippen LogP contribution in [0.4, 0.5) is 0 Å². The molecular formula is C44H78N2O. The predicted molar refractivity (Wildman–Crippen MR) is 199 cm³/mol. The number of hydrogen-bond acceptors (Lipinski definition) is 3. The molecule has 0 saturated heterocycles. The Hall–Kier alpha value is -0.120. The molecule has 0 spiro atoms. The lowest BCUT2D eigenvalue weighted by Crippen LogP contribution is -2.53. The minimum Gasteiger partial charge on any atom is -0.393 e. The summed E-state index contributed by atoms with van der Waals surface area (Å²) >= 11 is 0. The summed E-state index contributed by atoms with van der Waals surface area (Å²) in [6.07, 6.45) is 48.4. The van der Waals surface area contributed by atoms with Crippen molar-refractivity contribution in [1.82, 2.24) is 9.80 Å². The first-order valence-corrected chi connectivity index (χ1v) is 22.4. The van der Waals surface area contributed by atoms with E-state index in [4.69, 9.17) is 0 Å². The third-order valence-electron chi connectivity index (χ3n) is 16.0. The summed E-state index contributed by atoms with van der Waals surface area (Å²) in [5.41, 5.74) is 0. The highest BCUT2D eigenvalue weighted by molar-refractivity contribution is 4.95. The van der Waals surface area contributed by atoms with Crippen molar-refractivity contribution in [1.29, 1.82) is 0 Å². The van der Waals surface area contributed by atoms with Gasteiger partial charge in [0.05, 0.1) is 6.10 Å². The summed E-state index contributed by atoms with van der Waals surface area (Å²) in [5, 5.41) is 9.92. The van der Waals surface area contributed by atoms with E-state index in [1.807, 2.05) is 0 Å². The smallest absolute Gasteiger partial charge is 0.0540 e. The summed E-state index contributed by atoms with van der Waals surface area (Å²) in [4.78, 5) is 6.43. The van der Waals surface area contributed by atoms with Gasteiger partial charge in [-0.05, 0) is 165 Å². The molecule has 0 heterocycles. The molecule has 0 radical (unpaired) electrons. The highest BCUT2D eigenvalue weighted by atomic mass is 16.3. The number of aliphatic hydroxyl groups excluding tert-OH is 1. The van der Waals surface area contributed by atoms with Crippen LogP contribution in [0, 0.1) is 23.7 Å². The van der Waals surface area contributed by atoms with Gasteiger partial charge in [-0.3, -0.25) is 9.80 Å². The highest BCUT2D eigenvalue weighted by Gasteiger charge is 2.41. The molecule has 0 aliphatic heterocycles. The van der Waals surface area contributed by atoms with Gasteiger partial charge < -0.3 is 5.11 Å². The Morgan fingerprint density at radius 2 is 0.574 bits per heavy atom. The molecule has 0 unspecified atom stereocenters. The summed E-state index contributed by atoms with van der Waals surface area (Å²) in [6, 6.07) is 5.46. The van der Waals surface area contributed by atoms with Crippen LogP contribution in [0.3, 0.4) is 0 Å². The van der Waals surface area contributed by atoms with Crippen molar-refractivity contribution >= 4 is 0 Å². The maximum atomic E-state index is 9.92. The van der Waals surface area contributed by atoms with E-state index < -0.39 is 0 Å². The van der Waals surface area contributed by atoms with E-state index in [-0.39, 0.29) is 6.10 Å². The second-order valence-electron chi connectivity index (χ2n) is 18.8. The van der Waals surface area contributed by atoms with Crippen molar-refractivity contribution in [2.45, 2.75) is 254 Å². The van der Waals surface area contributed by atoms with Crippen LogP contribution in [0.25, 0.3) is 0 Å². The van der Waals surface area contributed by atoms with Gasteiger partial charge in [0.1, 0.15) is 0 Å². The van der Waals surface area contributed by atoms with E-state index in [1.165, 1.54) is 173 Å². The first-order valence-electron chi connectivity index (χ1n) is 22.4. The van der Waals surface area contributed by atoms with E-state index in [1.54, 1.807) is 25.7 Å². The number of aliphatic hydroxyl groups is 1. The zero-order valence-corrected chi connectivity index (χ0v) is 31.0. The van der Waals surface area contributed by atoms with E-state index in [2.05, 4.69) is 9.80 Å². The highest BCUT2D eigenvalue weighted by Crippen LogP contribution is 2.45. The monoisotopic (exact) mass is 651 g/mol. The second-order valence-corrected chi connectivity index (χ2v) is 18.8. The Balaban J connectivity index is 0.891. The molecule has 7 aliphatic rings. The molecule has 7 rings (SSSR count). The van der Waals surface area contributed by atoms with Crippen LogP contribution in [0.15, 0.2) is 0 Å². The van der Waals surface area contributed by atoms with Gasteiger partial charge in [-0.1, -0.05) is 70.6 Å². The molecule has 270 valence electrons. The molecule has 7 fully saturated rings. The van der Waals surface area contributed by atoms with Crippen LogP contribution in [0.5, 0.6) is 0 Å². The number of rotatable bonds is 10. The molecule has 0 atom stereocenters. The molecular weight excluding hydrogens is 572 g/mol. The third kappa shape index (κ3) is 9.41. The molecule has 7 saturated carbocycles. The first-order chi connectivity index (χ1) is 23.2. The van der Waals surface area contributed by atoms with Gasteiger partial charge >= 0.3 is 0 Å². The minimum absolute atomic E-state index is 0.00501. The summed E-state index contributed by atoms with van der Waals surface area (Å²) in [6.45, 7) is 0. The molecule has 0 amide bonds. The van der Waals surface area contributed by atoms with Crippen molar-refractivity contribution in [3.8, 4) is 0 Å². The Kier molecular flexibility index (Phi) is 13.4. The van der Waals surface area contributed by atoms with Crippen LogP contribution in [0.2, 0.25) is 0 Å². The molecule has 0 aromatic heterocycles. The van der Waals surface area contributed by atoms with Gasteiger partial charge in [-0.2, -0.15) is 0 Å². The fourth-order valence-electron chi connectivity index (χ4n) is 13.3. The lowest BCUT2D eigenvalue weighted by molar-refractivity contribution is -0.00765. The van der Waals surface area contributed by atoms with E-state index in [9.17, 15) is 5.11 Å². The largest absolute Gasteiger partial charge is 0.393 e. The summed E-state index contributed by atoms with van der Waals surface area (Å²) in [7, 11) is 0. The number of nitrogens with zero attached hydrogens (tertiary/aromatic N) is 2. The van der Waals surface area contributed by atoms with Crippen molar-refractivity contribution in [2.75, 3.05) is 0 Å². The molecule has 0 aromatic carbocycles. The van der Waals surface area contributed by atoms with Gasteiger partial charge in [0.2, 0.25) is 0 Å². The van der Waals surface area contributed by atoms with E-state index in [0.29, 0.717) is 0 Å². The maximum Gasteiger partial charge on any atom is 0.0540 e. The molecule has 0 bridgehead atoms. The van der Waals surface area contributed by atoms with Crippen LogP contribution >= 0.6 is 0 Å². The van der Waals surface area contributed by atoms with Gasteiger partial charge in [-0.15, -0.1) is 0 Å². The van der Waals surface area contributed by atoms with Crippen LogP contribution in [-0.2, 0) is 0 Å². The van der Waals surface area contributed by atoms with Crippen molar-refractivity contribution in [3.63, 3.8) is 0 Å². The Labute approximate surface area is 292 Å². The third-order valence-corrected chi connectivity index (χ3v) is 16.0. The summed E-state index contributed by atoms with van der Waals surface area (Å²) < 4.78 is 0. The average Bonchev–Trinajstić information content (AvgIpc) is 3.14. The van der Waals surface area contributed by atoms with Gasteiger partial charge in [-0.25, -0.2) is 0 Å². The molecule has 3 nitrogen and oxygen atoms in total. The average molecular weight is 651 g/mol. The maximum absolute atomic E-state index is 9.92. The fourth-order valence-corrected chi connectivity index (χ4v) is 13.3. The predicted octanol–water partition coefficient (Wildman–Crippen LogP) is 11.6. The normalized spacial score (nSPS) is 39.4. The molecule has 0 aromatic rings. The minimum atomic E-state index is 0.00501. The zero-order chi connectivity index (χ0) is 31.8. The van der Waals surface area contributed by atoms with E-state index >= 15 is 0 Å². The second kappa shape index (κ2) is 17.9.